The van der Waals surface area contributed by atoms with Gasteiger partial charge in [-0.1, -0.05) is 5.16 Å². The van der Waals surface area contributed by atoms with E-state index in [1.165, 1.54) is 19.2 Å². The molecular formula is C11H9NO5. The van der Waals surface area contributed by atoms with E-state index < -0.39 is 5.97 Å². The molecule has 0 radical (unpaired) electrons. The average Bonchev–Trinajstić information content (AvgIpc) is 2.79. The van der Waals surface area contributed by atoms with Gasteiger partial charge in [0.25, 0.3) is 0 Å². The van der Waals surface area contributed by atoms with Crippen LogP contribution in [0.4, 0.5) is 0 Å². The summed E-state index contributed by atoms with van der Waals surface area (Å²) in [6.07, 6.45) is 0. The van der Waals surface area contributed by atoms with Gasteiger partial charge in [0.2, 0.25) is 5.76 Å². The van der Waals surface area contributed by atoms with E-state index >= 15 is 0 Å². The third-order valence-corrected chi connectivity index (χ3v) is 2.20. The lowest BCUT2D eigenvalue weighted by molar-refractivity contribution is 0.0652. The maximum absolute atomic E-state index is 10.6. The van der Waals surface area contributed by atoms with Gasteiger partial charge in [0.1, 0.15) is 17.2 Å². The molecule has 0 bridgehead atoms. The van der Waals surface area contributed by atoms with Crippen LogP contribution in [-0.2, 0) is 0 Å². The van der Waals surface area contributed by atoms with Gasteiger partial charge in [0.05, 0.1) is 7.11 Å². The molecule has 1 heterocycles. The Labute approximate surface area is 96.0 Å². The Morgan fingerprint density at radius 1 is 1.41 bits per heavy atom. The molecule has 0 atom stereocenters. The molecule has 0 spiro atoms. The zero-order chi connectivity index (χ0) is 12.4. The number of phenols is 1. The van der Waals surface area contributed by atoms with Crippen molar-refractivity contribution in [2.24, 2.45) is 0 Å². The molecule has 6 nitrogen and oxygen atoms in total. The second-order valence-corrected chi connectivity index (χ2v) is 3.26. The standard InChI is InChI=1S/C11H9NO5/c1-16-6-2-3-9(13)7(4-6)8-5-10(11(14)15)17-12-8/h2-5,13H,1H3,(H,14,15). The number of nitrogens with zero attached hydrogens (tertiary/aromatic N) is 1. The van der Waals surface area contributed by atoms with Crippen LogP contribution in [0.25, 0.3) is 11.3 Å². The number of aromatic nitrogens is 1. The molecule has 0 unspecified atom stereocenters. The summed E-state index contributed by atoms with van der Waals surface area (Å²) < 4.78 is 9.61. The third-order valence-electron chi connectivity index (χ3n) is 2.20. The molecule has 1 aromatic carbocycles. The molecule has 2 aromatic rings. The highest BCUT2D eigenvalue weighted by Crippen LogP contribution is 2.32. The van der Waals surface area contributed by atoms with Gasteiger partial charge in [-0.2, -0.15) is 0 Å². The van der Waals surface area contributed by atoms with E-state index in [4.69, 9.17) is 9.84 Å². The summed E-state index contributed by atoms with van der Waals surface area (Å²) in [7, 11) is 1.49. The highest BCUT2D eigenvalue weighted by atomic mass is 16.5. The number of carboxylic acids is 1. The second kappa shape index (κ2) is 4.17. The minimum Gasteiger partial charge on any atom is -0.507 e. The molecule has 6 heteroatoms. The Morgan fingerprint density at radius 3 is 2.76 bits per heavy atom. The first-order valence-corrected chi connectivity index (χ1v) is 4.69. The Kier molecular flexibility index (Phi) is 2.70. The first kappa shape index (κ1) is 11.0. The molecule has 0 amide bonds. The molecule has 0 aliphatic heterocycles. The number of carboxylic acid groups (broad SMARTS) is 1. The summed E-state index contributed by atoms with van der Waals surface area (Å²) in [6.45, 7) is 0. The van der Waals surface area contributed by atoms with Crippen molar-refractivity contribution in [2.45, 2.75) is 0 Å². The normalized spacial score (nSPS) is 10.2. The molecule has 2 N–H and O–H groups in total. The molecule has 88 valence electrons. The maximum Gasteiger partial charge on any atom is 0.374 e. The molecule has 17 heavy (non-hydrogen) atoms. The van der Waals surface area contributed by atoms with Gasteiger partial charge in [-0.05, 0) is 18.2 Å². The van der Waals surface area contributed by atoms with Crippen LogP contribution in [0.1, 0.15) is 10.6 Å². The molecule has 0 fully saturated rings. The van der Waals surface area contributed by atoms with Gasteiger partial charge >= 0.3 is 5.97 Å². The van der Waals surface area contributed by atoms with Crippen LogP contribution in [0.5, 0.6) is 11.5 Å². The molecule has 0 saturated heterocycles. The molecule has 0 aliphatic carbocycles. The van der Waals surface area contributed by atoms with Crippen molar-refractivity contribution in [1.82, 2.24) is 5.16 Å². The predicted octanol–water partition coefficient (Wildman–Crippen LogP) is 1.75. The number of phenolic OH excluding ortho intramolecular Hbond substituents is 1. The lowest BCUT2D eigenvalue weighted by Crippen LogP contribution is -1.91. The number of benzene rings is 1. The number of ether oxygens (including phenoxy) is 1. The molecule has 0 saturated carbocycles. The van der Waals surface area contributed by atoms with Crippen molar-refractivity contribution in [1.29, 1.82) is 0 Å². The number of aromatic carboxylic acids is 1. The lowest BCUT2D eigenvalue weighted by Gasteiger charge is -2.03. The highest BCUT2D eigenvalue weighted by Gasteiger charge is 2.15. The SMILES string of the molecule is COc1ccc(O)c(-c2cc(C(=O)O)on2)c1. The molecule has 0 aliphatic rings. The molecule has 2 rings (SSSR count). The fourth-order valence-electron chi connectivity index (χ4n) is 1.35. The number of methoxy groups -OCH3 is 1. The van der Waals surface area contributed by atoms with Crippen molar-refractivity contribution in [3.8, 4) is 22.8 Å². The van der Waals surface area contributed by atoms with E-state index in [2.05, 4.69) is 9.68 Å². The van der Waals surface area contributed by atoms with Crippen LogP contribution in [0.2, 0.25) is 0 Å². The minimum absolute atomic E-state index is 0.0314. The summed E-state index contributed by atoms with van der Waals surface area (Å²) in [4.78, 5) is 10.6. The maximum atomic E-state index is 10.6. The number of hydrogen-bond acceptors (Lipinski definition) is 5. The summed E-state index contributed by atoms with van der Waals surface area (Å²) >= 11 is 0. The summed E-state index contributed by atoms with van der Waals surface area (Å²) in [6, 6.07) is 5.79. The van der Waals surface area contributed by atoms with Crippen molar-refractivity contribution in [3.63, 3.8) is 0 Å². The van der Waals surface area contributed by atoms with E-state index in [-0.39, 0.29) is 17.2 Å². The number of aromatic hydroxyl groups is 1. The van der Waals surface area contributed by atoms with Crippen LogP contribution in [-0.4, -0.2) is 28.4 Å². The molecule has 1 aromatic heterocycles. The highest BCUT2D eigenvalue weighted by molar-refractivity contribution is 5.86. The fraction of sp³-hybridized carbons (Fsp3) is 0.0909. The zero-order valence-electron chi connectivity index (χ0n) is 8.88. The first-order chi connectivity index (χ1) is 8.11. The van der Waals surface area contributed by atoms with Crippen molar-refractivity contribution in [3.05, 3.63) is 30.0 Å². The van der Waals surface area contributed by atoms with E-state index in [0.717, 1.165) is 0 Å². The topological polar surface area (TPSA) is 92.8 Å². The molecular weight excluding hydrogens is 226 g/mol. The Balaban J connectivity index is 2.47. The Morgan fingerprint density at radius 2 is 2.18 bits per heavy atom. The summed E-state index contributed by atoms with van der Waals surface area (Å²) in [5.41, 5.74) is 0.583. The largest absolute Gasteiger partial charge is 0.507 e. The number of rotatable bonds is 3. The fourth-order valence-corrected chi connectivity index (χ4v) is 1.35. The second-order valence-electron chi connectivity index (χ2n) is 3.26. The average molecular weight is 235 g/mol. The van der Waals surface area contributed by atoms with Crippen LogP contribution >= 0.6 is 0 Å². The quantitative estimate of drug-likeness (QED) is 0.841. The van der Waals surface area contributed by atoms with E-state index in [9.17, 15) is 9.90 Å². The van der Waals surface area contributed by atoms with Crippen LogP contribution < -0.4 is 4.74 Å². The van der Waals surface area contributed by atoms with Gasteiger partial charge in [-0.15, -0.1) is 0 Å². The Bertz CT molecular complexity index is 561. The van der Waals surface area contributed by atoms with Gasteiger partial charge < -0.3 is 19.5 Å². The van der Waals surface area contributed by atoms with Crippen molar-refractivity contribution in [2.75, 3.05) is 7.11 Å². The van der Waals surface area contributed by atoms with Gasteiger partial charge in [-0.3, -0.25) is 0 Å². The Hall–Kier alpha value is -2.50. The van der Waals surface area contributed by atoms with Crippen molar-refractivity contribution < 1.29 is 24.3 Å². The van der Waals surface area contributed by atoms with Crippen LogP contribution in [0.3, 0.4) is 0 Å². The van der Waals surface area contributed by atoms with Crippen LogP contribution in [0.15, 0.2) is 28.8 Å². The van der Waals surface area contributed by atoms with E-state index in [1.807, 2.05) is 0 Å². The van der Waals surface area contributed by atoms with Crippen LogP contribution in [0, 0.1) is 0 Å². The third kappa shape index (κ3) is 2.05. The predicted molar refractivity (Wildman–Crippen MR) is 57.1 cm³/mol. The van der Waals surface area contributed by atoms with Gasteiger partial charge in [0.15, 0.2) is 0 Å². The van der Waals surface area contributed by atoms with E-state index in [0.29, 0.717) is 11.3 Å². The summed E-state index contributed by atoms with van der Waals surface area (Å²) in [5, 5.41) is 21.9. The van der Waals surface area contributed by atoms with E-state index in [1.54, 1.807) is 12.1 Å². The number of carbonyl (C=O) groups is 1. The lowest BCUT2D eigenvalue weighted by atomic mass is 10.1. The first-order valence-electron chi connectivity index (χ1n) is 4.69. The monoisotopic (exact) mass is 235 g/mol. The van der Waals surface area contributed by atoms with Gasteiger partial charge in [0, 0.05) is 11.6 Å². The van der Waals surface area contributed by atoms with Crippen molar-refractivity contribution >= 4 is 5.97 Å². The summed E-state index contributed by atoms with van der Waals surface area (Å²) in [5.74, 6) is -1.01. The number of hydrogen-bond donors (Lipinski definition) is 2. The zero-order valence-corrected chi connectivity index (χ0v) is 8.88. The minimum atomic E-state index is -1.22. The van der Waals surface area contributed by atoms with Gasteiger partial charge in [-0.25, -0.2) is 4.79 Å². The smallest absolute Gasteiger partial charge is 0.374 e.